The molecule has 0 heterocycles. The van der Waals surface area contributed by atoms with Gasteiger partial charge in [-0.05, 0) is 55.1 Å². The summed E-state index contributed by atoms with van der Waals surface area (Å²) in [6, 6.07) is 7.02. The zero-order valence-electron chi connectivity index (χ0n) is 23.8. The normalized spacial score (nSPS) is 14.5. The molecule has 0 spiro atoms. The molecule has 1 aromatic carbocycles. The number of nitrogens with two attached hydrogens (primary N) is 1. The molecule has 0 bridgehead atoms. The molecule has 2 unspecified atom stereocenters. The zero-order valence-corrected chi connectivity index (χ0v) is 24.6. The average Bonchev–Trinajstić information content (AvgIpc) is 2.84. The van der Waals surface area contributed by atoms with Crippen LogP contribution in [0.3, 0.4) is 0 Å². The van der Waals surface area contributed by atoms with Crippen molar-refractivity contribution in [2.45, 2.75) is 92.4 Å². The highest BCUT2D eigenvalue weighted by Gasteiger charge is 2.29. The largest absolute Gasteiger partial charge is 0.391 e. The summed E-state index contributed by atoms with van der Waals surface area (Å²) < 4.78 is 5.64. The second-order valence-corrected chi connectivity index (χ2v) is 10.6. The Morgan fingerprint density at radius 3 is 2.27 bits per heavy atom. The molecule has 1 rings (SSSR count). The summed E-state index contributed by atoms with van der Waals surface area (Å²) in [6.07, 6.45) is 2.99. The molecule has 0 aromatic heterocycles. The van der Waals surface area contributed by atoms with Gasteiger partial charge >= 0.3 is 0 Å². The number of aliphatic hydroxyl groups is 1. The first-order valence-corrected chi connectivity index (χ1v) is 13.8. The van der Waals surface area contributed by atoms with Gasteiger partial charge in [-0.1, -0.05) is 66.2 Å². The Bertz CT molecular complexity index is 775. The SMILES string of the molecule is CCCCNC(=O)[C@@H](C[C@H](O)C(N)CC(CNC(=O)c1ccccc1COCCC)C(C)C)C(C)C.Cl. The van der Waals surface area contributed by atoms with Gasteiger partial charge in [0.1, 0.15) is 0 Å². The summed E-state index contributed by atoms with van der Waals surface area (Å²) in [5.74, 6) is 0.0394. The van der Waals surface area contributed by atoms with Gasteiger partial charge in [0.25, 0.3) is 5.91 Å². The van der Waals surface area contributed by atoms with Crippen molar-refractivity contribution in [1.82, 2.24) is 10.6 Å². The average molecular weight is 542 g/mol. The van der Waals surface area contributed by atoms with Gasteiger partial charge in [-0.2, -0.15) is 0 Å². The minimum absolute atomic E-state index is 0. The number of hydrogen-bond acceptors (Lipinski definition) is 5. The van der Waals surface area contributed by atoms with Crippen molar-refractivity contribution in [2.24, 2.45) is 29.4 Å². The van der Waals surface area contributed by atoms with E-state index >= 15 is 0 Å². The van der Waals surface area contributed by atoms with Crippen molar-refractivity contribution >= 4 is 24.2 Å². The van der Waals surface area contributed by atoms with Crippen molar-refractivity contribution in [3.05, 3.63) is 35.4 Å². The van der Waals surface area contributed by atoms with Crippen LogP contribution in [0.1, 0.15) is 89.6 Å². The number of unbranched alkanes of at least 4 members (excludes halogenated alkanes) is 1. The third-order valence-electron chi connectivity index (χ3n) is 6.87. The molecule has 2 amide bonds. The van der Waals surface area contributed by atoms with Crippen molar-refractivity contribution in [3.8, 4) is 0 Å². The predicted molar refractivity (Wildman–Crippen MR) is 154 cm³/mol. The van der Waals surface area contributed by atoms with Crippen molar-refractivity contribution < 1.29 is 19.4 Å². The van der Waals surface area contributed by atoms with E-state index in [9.17, 15) is 14.7 Å². The number of rotatable bonds is 18. The van der Waals surface area contributed by atoms with Crippen LogP contribution in [-0.4, -0.2) is 48.8 Å². The number of nitrogens with one attached hydrogen (secondary N) is 2. The Morgan fingerprint density at radius 1 is 1.00 bits per heavy atom. The molecule has 0 aliphatic carbocycles. The van der Waals surface area contributed by atoms with E-state index < -0.39 is 12.1 Å². The fourth-order valence-corrected chi connectivity index (χ4v) is 4.25. The smallest absolute Gasteiger partial charge is 0.251 e. The maximum absolute atomic E-state index is 13.0. The molecule has 214 valence electrons. The fraction of sp³-hybridized carbons (Fsp3) is 0.724. The van der Waals surface area contributed by atoms with Crippen LogP contribution < -0.4 is 16.4 Å². The van der Waals surface area contributed by atoms with Crippen LogP contribution in [0.25, 0.3) is 0 Å². The first kappa shape index (κ1) is 35.3. The molecule has 1 aromatic rings. The number of ether oxygens (including phenoxy) is 1. The maximum atomic E-state index is 13.0. The molecule has 0 saturated heterocycles. The number of carbonyl (C=O) groups is 2. The van der Waals surface area contributed by atoms with Gasteiger partial charge in [0.15, 0.2) is 0 Å². The first-order valence-electron chi connectivity index (χ1n) is 13.8. The predicted octanol–water partition coefficient (Wildman–Crippen LogP) is 4.69. The molecule has 7 nitrogen and oxygen atoms in total. The van der Waals surface area contributed by atoms with E-state index in [1.165, 1.54) is 0 Å². The summed E-state index contributed by atoms with van der Waals surface area (Å²) in [6.45, 7) is 14.5. The van der Waals surface area contributed by atoms with Gasteiger partial charge in [0, 0.05) is 37.2 Å². The molecule has 0 aliphatic heterocycles. The van der Waals surface area contributed by atoms with E-state index in [0.717, 1.165) is 24.8 Å². The van der Waals surface area contributed by atoms with E-state index in [1.54, 1.807) is 0 Å². The van der Waals surface area contributed by atoms with Gasteiger partial charge in [-0.3, -0.25) is 9.59 Å². The second-order valence-electron chi connectivity index (χ2n) is 10.6. The van der Waals surface area contributed by atoms with Crippen LogP contribution in [0.5, 0.6) is 0 Å². The van der Waals surface area contributed by atoms with E-state index in [2.05, 4.69) is 38.3 Å². The second kappa shape index (κ2) is 19.4. The van der Waals surface area contributed by atoms with Gasteiger partial charge in [-0.25, -0.2) is 0 Å². The molecule has 0 fully saturated rings. The van der Waals surface area contributed by atoms with Crippen LogP contribution in [0.2, 0.25) is 0 Å². The Hall–Kier alpha value is -1.67. The van der Waals surface area contributed by atoms with Crippen LogP contribution in [0.4, 0.5) is 0 Å². The minimum Gasteiger partial charge on any atom is -0.391 e. The summed E-state index contributed by atoms with van der Waals surface area (Å²) in [5.41, 5.74) is 7.91. The highest BCUT2D eigenvalue weighted by molar-refractivity contribution is 5.95. The van der Waals surface area contributed by atoms with E-state index in [-0.39, 0.29) is 47.9 Å². The molecule has 0 radical (unpaired) electrons. The Labute approximate surface area is 231 Å². The quantitative estimate of drug-likeness (QED) is 0.201. The number of amides is 2. The summed E-state index contributed by atoms with van der Waals surface area (Å²) >= 11 is 0. The topological polar surface area (TPSA) is 114 Å². The maximum Gasteiger partial charge on any atom is 0.251 e. The number of hydrogen-bond donors (Lipinski definition) is 4. The van der Waals surface area contributed by atoms with Gasteiger partial charge in [0.05, 0.1) is 12.7 Å². The van der Waals surface area contributed by atoms with Crippen molar-refractivity contribution in [2.75, 3.05) is 19.7 Å². The summed E-state index contributed by atoms with van der Waals surface area (Å²) in [7, 11) is 0. The molecule has 37 heavy (non-hydrogen) atoms. The molecule has 4 atom stereocenters. The molecule has 5 N–H and O–H groups in total. The molecular formula is C29H52ClN3O4. The number of halogens is 1. The zero-order chi connectivity index (χ0) is 27.1. The monoisotopic (exact) mass is 541 g/mol. The van der Waals surface area contributed by atoms with Crippen molar-refractivity contribution in [3.63, 3.8) is 0 Å². The van der Waals surface area contributed by atoms with Crippen LogP contribution in [0.15, 0.2) is 24.3 Å². The molecular weight excluding hydrogens is 490 g/mol. The summed E-state index contributed by atoms with van der Waals surface area (Å²) in [5, 5.41) is 16.9. The van der Waals surface area contributed by atoms with Crippen molar-refractivity contribution in [1.29, 1.82) is 0 Å². The van der Waals surface area contributed by atoms with Gasteiger partial charge in [-0.15, -0.1) is 12.4 Å². The van der Waals surface area contributed by atoms with Crippen LogP contribution in [-0.2, 0) is 16.1 Å². The van der Waals surface area contributed by atoms with Crippen LogP contribution >= 0.6 is 12.4 Å². The van der Waals surface area contributed by atoms with E-state index in [0.29, 0.717) is 44.7 Å². The first-order chi connectivity index (χ1) is 17.1. The lowest BCUT2D eigenvalue weighted by molar-refractivity contribution is -0.127. The van der Waals surface area contributed by atoms with Gasteiger partial charge in [0.2, 0.25) is 5.91 Å². The van der Waals surface area contributed by atoms with E-state index in [1.807, 2.05) is 38.1 Å². The minimum atomic E-state index is -0.789. The molecule has 8 heteroatoms. The third-order valence-corrected chi connectivity index (χ3v) is 6.87. The lowest BCUT2D eigenvalue weighted by Gasteiger charge is -2.30. The number of carbonyl (C=O) groups excluding carboxylic acids is 2. The third kappa shape index (κ3) is 13.1. The van der Waals surface area contributed by atoms with E-state index in [4.69, 9.17) is 10.5 Å². The molecule has 0 aliphatic rings. The Morgan fingerprint density at radius 2 is 1.68 bits per heavy atom. The Kier molecular flexibility index (Phi) is 18.5. The fourth-order valence-electron chi connectivity index (χ4n) is 4.25. The summed E-state index contributed by atoms with van der Waals surface area (Å²) in [4.78, 5) is 25.6. The molecule has 0 saturated carbocycles. The number of benzene rings is 1. The Balaban J connectivity index is 0.0000130. The lowest BCUT2D eigenvalue weighted by Crippen LogP contribution is -2.44. The lowest BCUT2D eigenvalue weighted by atomic mass is 9.83. The highest BCUT2D eigenvalue weighted by atomic mass is 35.5. The van der Waals surface area contributed by atoms with Crippen LogP contribution in [0, 0.1) is 23.7 Å². The highest BCUT2D eigenvalue weighted by Crippen LogP contribution is 2.23. The number of aliphatic hydroxyl groups excluding tert-OH is 1. The standard InChI is InChI=1S/C29H51N3O4.ClH/c1-7-9-14-31-29(35)25(21(5)6)17-27(33)26(30)16-23(20(3)4)18-32-28(34)24-13-11-10-12-22(24)19-36-15-8-2;/h10-13,20-21,23,25-27,33H,7-9,14-19,30H2,1-6H3,(H,31,35)(H,32,34);1H/t23?,25-,26?,27-;/m0./s1. The van der Waals surface area contributed by atoms with Gasteiger partial charge < -0.3 is 26.2 Å².